The van der Waals surface area contributed by atoms with Gasteiger partial charge in [0.1, 0.15) is 11.9 Å². The normalized spacial score (nSPS) is 16.8. The third kappa shape index (κ3) is 4.75. The predicted molar refractivity (Wildman–Crippen MR) is 97.3 cm³/mol. The molecule has 3 rings (SSSR count). The third-order valence-corrected chi connectivity index (χ3v) is 4.36. The smallest absolute Gasteiger partial charge is 0.335 e. The highest BCUT2D eigenvalue weighted by atomic mass is 16.5. The number of aromatic carboxylic acids is 1. The molecule has 0 aliphatic carbocycles. The molecule has 1 heterocycles. The van der Waals surface area contributed by atoms with Gasteiger partial charge in [0, 0.05) is 13.1 Å². The Morgan fingerprint density at radius 1 is 1.12 bits per heavy atom. The fourth-order valence-electron chi connectivity index (χ4n) is 2.97. The number of ether oxygens (including phenoxy) is 1. The Morgan fingerprint density at radius 2 is 1.85 bits per heavy atom. The number of piperidine rings is 1. The maximum Gasteiger partial charge on any atom is 0.335 e. The van der Waals surface area contributed by atoms with Crippen LogP contribution in [0.25, 0.3) is 0 Å². The zero-order valence-electron chi connectivity index (χ0n) is 14.4. The molecular weight excluding hydrogens is 332 g/mol. The lowest BCUT2D eigenvalue weighted by molar-refractivity contribution is 0.0697. The van der Waals surface area contributed by atoms with Gasteiger partial charge in [-0.3, -0.25) is 0 Å². The first-order valence-corrected chi connectivity index (χ1v) is 8.68. The first-order chi connectivity index (χ1) is 12.6. The summed E-state index contributed by atoms with van der Waals surface area (Å²) in [6.45, 7) is 1.62. The molecule has 0 aromatic heterocycles. The minimum atomic E-state index is -0.960. The molecule has 6 nitrogen and oxygen atoms in total. The van der Waals surface area contributed by atoms with Crippen LogP contribution in [0.3, 0.4) is 0 Å². The number of carbonyl (C=O) groups is 2. The van der Waals surface area contributed by atoms with Gasteiger partial charge in [0.15, 0.2) is 0 Å². The Balaban J connectivity index is 1.50. The molecule has 1 fully saturated rings. The van der Waals surface area contributed by atoms with Crippen molar-refractivity contribution in [1.82, 2.24) is 10.2 Å². The number of carboxylic acid groups (broad SMARTS) is 1. The lowest BCUT2D eigenvalue weighted by Gasteiger charge is -2.33. The average molecular weight is 354 g/mol. The van der Waals surface area contributed by atoms with Crippen LogP contribution in [-0.4, -0.2) is 41.2 Å². The molecular formula is C20H22N2O4. The number of carboxylic acids is 1. The lowest BCUT2D eigenvalue weighted by Crippen LogP contribution is -2.48. The summed E-state index contributed by atoms with van der Waals surface area (Å²) in [6.07, 6.45) is 1.82. The van der Waals surface area contributed by atoms with Gasteiger partial charge in [0.25, 0.3) is 0 Å². The molecule has 1 saturated heterocycles. The minimum absolute atomic E-state index is 0.00764. The Kier molecular flexibility index (Phi) is 5.73. The number of hydrogen-bond acceptors (Lipinski definition) is 3. The number of nitrogens with zero attached hydrogens (tertiary/aromatic N) is 1. The quantitative estimate of drug-likeness (QED) is 0.865. The molecule has 2 aromatic rings. The zero-order chi connectivity index (χ0) is 18.4. The maximum absolute atomic E-state index is 12.4. The summed E-state index contributed by atoms with van der Waals surface area (Å²) in [4.78, 5) is 25.0. The summed E-state index contributed by atoms with van der Waals surface area (Å²) >= 11 is 0. The van der Waals surface area contributed by atoms with Gasteiger partial charge >= 0.3 is 12.0 Å². The number of carbonyl (C=O) groups excluding carboxylic acids is 1. The number of urea groups is 1. The van der Waals surface area contributed by atoms with Crippen molar-refractivity contribution in [2.75, 3.05) is 13.1 Å². The number of amides is 2. The van der Waals surface area contributed by atoms with E-state index in [0.29, 0.717) is 19.6 Å². The van der Waals surface area contributed by atoms with Gasteiger partial charge < -0.3 is 20.1 Å². The van der Waals surface area contributed by atoms with Crippen LogP contribution in [0.1, 0.15) is 28.8 Å². The second-order valence-electron chi connectivity index (χ2n) is 6.30. The molecule has 2 amide bonds. The largest absolute Gasteiger partial charge is 0.489 e. The van der Waals surface area contributed by atoms with Crippen molar-refractivity contribution in [3.8, 4) is 5.75 Å². The van der Waals surface area contributed by atoms with Gasteiger partial charge in [-0.2, -0.15) is 0 Å². The first kappa shape index (κ1) is 17.8. The molecule has 1 unspecified atom stereocenters. The predicted octanol–water partition coefficient (Wildman–Crippen LogP) is 3.14. The van der Waals surface area contributed by atoms with Gasteiger partial charge in [-0.1, -0.05) is 30.3 Å². The highest BCUT2D eigenvalue weighted by Gasteiger charge is 2.24. The summed E-state index contributed by atoms with van der Waals surface area (Å²) in [7, 11) is 0. The molecule has 0 saturated carbocycles. The fraction of sp³-hybridized carbons (Fsp3) is 0.300. The molecule has 1 aliphatic heterocycles. The van der Waals surface area contributed by atoms with Crippen LogP contribution in [0.5, 0.6) is 5.75 Å². The Labute approximate surface area is 152 Å². The van der Waals surface area contributed by atoms with Gasteiger partial charge in [0.05, 0.1) is 12.1 Å². The highest BCUT2D eigenvalue weighted by molar-refractivity contribution is 5.87. The number of rotatable bonds is 5. The molecule has 0 radical (unpaired) electrons. The summed E-state index contributed by atoms with van der Waals surface area (Å²) in [5, 5.41) is 11.8. The van der Waals surface area contributed by atoms with Crippen LogP contribution in [0, 0.1) is 0 Å². The molecule has 0 bridgehead atoms. The SMILES string of the molecule is O=C(O)c1ccc(CNC(=O)N2CCCC(Oc3ccccc3)C2)cc1. The first-order valence-electron chi connectivity index (χ1n) is 8.68. The standard InChI is InChI=1S/C20H22N2O4/c23-19(24)16-10-8-15(9-11-16)13-21-20(25)22-12-4-7-18(14-22)26-17-5-2-1-3-6-17/h1-3,5-6,8-11,18H,4,7,12-14H2,(H,21,25)(H,23,24). The molecule has 26 heavy (non-hydrogen) atoms. The number of nitrogens with one attached hydrogen (secondary N) is 1. The van der Waals surface area contributed by atoms with Crippen LogP contribution in [0.15, 0.2) is 54.6 Å². The number of para-hydroxylation sites is 1. The van der Waals surface area contributed by atoms with Crippen molar-refractivity contribution >= 4 is 12.0 Å². The van der Waals surface area contributed by atoms with E-state index in [0.717, 1.165) is 24.2 Å². The molecule has 2 aromatic carbocycles. The molecule has 1 atom stereocenters. The fourth-order valence-corrected chi connectivity index (χ4v) is 2.97. The second-order valence-corrected chi connectivity index (χ2v) is 6.30. The third-order valence-electron chi connectivity index (χ3n) is 4.36. The van der Waals surface area contributed by atoms with Gasteiger partial charge in [-0.25, -0.2) is 9.59 Å². The van der Waals surface area contributed by atoms with E-state index in [1.54, 1.807) is 17.0 Å². The van der Waals surface area contributed by atoms with E-state index in [9.17, 15) is 9.59 Å². The summed E-state index contributed by atoms with van der Waals surface area (Å²) < 4.78 is 5.96. The zero-order valence-corrected chi connectivity index (χ0v) is 14.4. The van der Waals surface area contributed by atoms with E-state index in [-0.39, 0.29) is 17.7 Å². The van der Waals surface area contributed by atoms with E-state index in [1.807, 2.05) is 30.3 Å². The maximum atomic E-state index is 12.4. The molecule has 6 heteroatoms. The van der Waals surface area contributed by atoms with Crippen LogP contribution in [-0.2, 0) is 6.54 Å². The van der Waals surface area contributed by atoms with Crippen molar-refractivity contribution in [3.63, 3.8) is 0 Å². The van der Waals surface area contributed by atoms with Gasteiger partial charge in [-0.15, -0.1) is 0 Å². The second kappa shape index (κ2) is 8.38. The van der Waals surface area contributed by atoms with Crippen molar-refractivity contribution in [3.05, 3.63) is 65.7 Å². The average Bonchev–Trinajstić information content (AvgIpc) is 2.67. The summed E-state index contributed by atoms with van der Waals surface area (Å²) in [5.41, 5.74) is 1.09. The van der Waals surface area contributed by atoms with Crippen molar-refractivity contribution in [1.29, 1.82) is 0 Å². The summed E-state index contributed by atoms with van der Waals surface area (Å²) in [5.74, 6) is -0.142. The van der Waals surface area contributed by atoms with Gasteiger partial charge in [-0.05, 0) is 42.7 Å². The van der Waals surface area contributed by atoms with Crippen LogP contribution in [0.4, 0.5) is 4.79 Å². The van der Waals surface area contributed by atoms with Crippen LogP contribution in [0.2, 0.25) is 0 Å². The van der Waals surface area contributed by atoms with Crippen LogP contribution < -0.4 is 10.1 Å². The van der Waals surface area contributed by atoms with Crippen molar-refractivity contribution in [2.45, 2.75) is 25.5 Å². The molecule has 1 aliphatic rings. The van der Waals surface area contributed by atoms with Gasteiger partial charge in [0.2, 0.25) is 0 Å². The number of hydrogen-bond donors (Lipinski definition) is 2. The number of likely N-dealkylation sites (tertiary alicyclic amines) is 1. The Morgan fingerprint density at radius 3 is 2.54 bits per heavy atom. The monoisotopic (exact) mass is 354 g/mol. The molecule has 2 N–H and O–H groups in total. The van der Waals surface area contributed by atoms with Crippen LogP contribution >= 0.6 is 0 Å². The molecule has 0 spiro atoms. The van der Waals surface area contributed by atoms with E-state index in [4.69, 9.17) is 9.84 Å². The highest BCUT2D eigenvalue weighted by Crippen LogP contribution is 2.18. The minimum Gasteiger partial charge on any atom is -0.489 e. The van der Waals surface area contributed by atoms with Crippen molar-refractivity contribution < 1.29 is 19.4 Å². The Bertz CT molecular complexity index is 746. The van der Waals surface area contributed by atoms with E-state index < -0.39 is 5.97 Å². The summed E-state index contributed by atoms with van der Waals surface area (Å²) in [6, 6.07) is 16.0. The van der Waals surface area contributed by atoms with E-state index >= 15 is 0 Å². The molecule has 136 valence electrons. The topological polar surface area (TPSA) is 78.9 Å². The number of benzene rings is 2. The van der Waals surface area contributed by atoms with Crippen molar-refractivity contribution in [2.24, 2.45) is 0 Å². The van der Waals surface area contributed by atoms with E-state index in [2.05, 4.69) is 5.32 Å². The van der Waals surface area contributed by atoms with E-state index in [1.165, 1.54) is 12.1 Å². The lowest BCUT2D eigenvalue weighted by atomic mass is 10.1. The Hall–Kier alpha value is -3.02.